The highest BCUT2D eigenvalue weighted by Gasteiger charge is 2.10. The van der Waals surface area contributed by atoms with Gasteiger partial charge in [-0.25, -0.2) is 9.67 Å². The van der Waals surface area contributed by atoms with E-state index in [1.807, 2.05) is 18.2 Å². The molecule has 96 valence electrons. The van der Waals surface area contributed by atoms with E-state index in [0.29, 0.717) is 10.8 Å². The van der Waals surface area contributed by atoms with Gasteiger partial charge in [-0.05, 0) is 12.0 Å². The molecule has 0 saturated carbocycles. The van der Waals surface area contributed by atoms with Gasteiger partial charge in [-0.3, -0.25) is 0 Å². The molecule has 1 aromatic carbocycles. The largest absolute Gasteiger partial charge is 0.368 e. The molecule has 0 aliphatic carbocycles. The molecule has 0 saturated heterocycles. The maximum atomic E-state index is 6.01. The molecule has 0 fully saturated rings. The van der Waals surface area contributed by atoms with Gasteiger partial charge in [0.05, 0.1) is 11.6 Å². The Labute approximate surface area is 115 Å². The second-order valence-corrected chi connectivity index (χ2v) is 4.57. The van der Waals surface area contributed by atoms with Crippen LogP contribution >= 0.6 is 11.6 Å². The van der Waals surface area contributed by atoms with Crippen LogP contribution in [-0.2, 0) is 13.0 Å². The Morgan fingerprint density at radius 2 is 1.95 bits per heavy atom. The summed E-state index contributed by atoms with van der Waals surface area (Å²) in [5.41, 5.74) is 7.54. The van der Waals surface area contributed by atoms with E-state index in [1.165, 1.54) is 5.56 Å². The number of benzene rings is 1. The lowest BCUT2D eigenvalue weighted by atomic mass is 10.1. The summed E-state index contributed by atoms with van der Waals surface area (Å²) in [5.74, 6) is 0.166. The zero-order chi connectivity index (χ0) is 13.2. The minimum absolute atomic E-state index is 0.166. The maximum absolute atomic E-state index is 6.01. The van der Waals surface area contributed by atoms with Crippen LogP contribution in [0.3, 0.4) is 0 Å². The number of hydrogen-bond acceptors (Lipinski definition) is 4. The van der Waals surface area contributed by atoms with Crippen LogP contribution < -0.4 is 5.73 Å². The second-order valence-electron chi connectivity index (χ2n) is 4.21. The van der Waals surface area contributed by atoms with Gasteiger partial charge >= 0.3 is 0 Å². The molecule has 3 aromatic rings. The van der Waals surface area contributed by atoms with Crippen LogP contribution in [-0.4, -0.2) is 19.7 Å². The standard InChI is InChI=1S/C13H12ClN5/c14-11-10-8-16-19(12(10)18-13(15)17-11)7-6-9-4-2-1-3-5-9/h1-5,8H,6-7H2,(H2,15,17,18). The molecule has 0 aliphatic heterocycles. The zero-order valence-corrected chi connectivity index (χ0v) is 10.9. The van der Waals surface area contributed by atoms with Gasteiger partial charge in [0, 0.05) is 6.54 Å². The summed E-state index contributed by atoms with van der Waals surface area (Å²) < 4.78 is 1.80. The van der Waals surface area contributed by atoms with Gasteiger partial charge in [0.15, 0.2) is 5.65 Å². The lowest BCUT2D eigenvalue weighted by Gasteiger charge is -2.04. The monoisotopic (exact) mass is 273 g/mol. The number of aryl methyl sites for hydroxylation is 2. The average molecular weight is 274 g/mol. The third-order valence-corrected chi connectivity index (χ3v) is 3.21. The normalized spacial score (nSPS) is 11.0. The zero-order valence-electron chi connectivity index (χ0n) is 10.1. The fraction of sp³-hybridized carbons (Fsp3) is 0.154. The third-order valence-electron chi connectivity index (χ3n) is 2.92. The average Bonchev–Trinajstić information content (AvgIpc) is 2.81. The first-order chi connectivity index (χ1) is 9.24. The van der Waals surface area contributed by atoms with Crippen molar-refractivity contribution in [2.75, 3.05) is 5.73 Å². The smallest absolute Gasteiger partial charge is 0.223 e. The Kier molecular flexibility index (Phi) is 3.05. The molecular weight excluding hydrogens is 262 g/mol. The van der Waals surface area contributed by atoms with Crippen LogP contribution in [0.1, 0.15) is 5.56 Å². The number of halogens is 1. The van der Waals surface area contributed by atoms with E-state index in [-0.39, 0.29) is 5.95 Å². The van der Waals surface area contributed by atoms with E-state index >= 15 is 0 Å². The highest BCUT2D eigenvalue weighted by Crippen LogP contribution is 2.20. The summed E-state index contributed by atoms with van der Waals surface area (Å²) >= 11 is 6.01. The topological polar surface area (TPSA) is 69.6 Å². The number of fused-ring (bicyclic) bond motifs is 1. The molecule has 2 N–H and O–H groups in total. The quantitative estimate of drug-likeness (QED) is 0.744. The first-order valence-electron chi connectivity index (χ1n) is 5.92. The summed E-state index contributed by atoms with van der Waals surface area (Å²) in [6, 6.07) is 10.2. The van der Waals surface area contributed by atoms with Crippen molar-refractivity contribution in [2.24, 2.45) is 0 Å². The van der Waals surface area contributed by atoms with Gasteiger partial charge in [-0.2, -0.15) is 10.1 Å². The van der Waals surface area contributed by atoms with Crippen molar-refractivity contribution in [3.05, 3.63) is 47.2 Å². The fourth-order valence-corrected chi connectivity index (χ4v) is 2.20. The summed E-state index contributed by atoms with van der Waals surface area (Å²) in [5, 5.41) is 5.35. The Balaban J connectivity index is 1.89. The van der Waals surface area contributed by atoms with Gasteiger partial charge in [-0.1, -0.05) is 41.9 Å². The Morgan fingerprint density at radius 3 is 2.74 bits per heavy atom. The molecule has 0 aliphatic rings. The predicted molar refractivity (Wildman–Crippen MR) is 74.9 cm³/mol. The third kappa shape index (κ3) is 2.37. The van der Waals surface area contributed by atoms with Crippen molar-refractivity contribution >= 4 is 28.6 Å². The van der Waals surface area contributed by atoms with E-state index < -0.39 is 0 Å². The number of rotatable bonds is 3. The number of nitrogens with two attached hydrogens (primary N) is 1. The van der Waals surface area contributed by atoms with Crippen molar-refractivity contribution in [1.29, 1.82) is 0 Å². The van der Waals surface area contributed by atoms with Crippen molar-refractivity contribution in [3.8, 4) is 0 Å². The van der Waals surface area contributed by atoms with E-state index in [1.54, 1.807) is 10.9 Å². The van der Waals surface area contributed by atoms with Crippen LogP contribution in [0.5, 0.6) is 0 Å². The molecule has 6 heteroatoms. The molecule has 0 amide bonds. The minimum Gasteiger partial charge on any atom is -0.368 e. The molecule has 19 heavy (non-hydrogen) atoms. The SMILES string of the molecule is Nc1nc(Cl)c2cnn(CCc3ccccc3)c2n1. The lowest BCUT2D eigenvalue weighted by Crippen LogP contribution is -2.05. The van der Waals surface area contributed by atoms with E-state index in [2.05, 4.69) is 27.2 Å². The Hall–Kier alpha value is -2.14. The van der Waals surface area contributed by atoms with Gasteiger partial charge in [-0.15, -0.1) is 0 Å². The van der Waals surface area contributed by atoms with E-state index in [0.717, 1.165) is 18.4 Å². The molecule has 0 atom stereocenters. The Bertz CT molecular complexity index is 708. The van der Waals surface area contributed by atoms with Crippen molar-refractivity contribution in [3.63, 3.8) is 0 Å². The van der Waals surface area contributed by atoms with Crippen molar-refractivity contribution in [1.82, 2.24) is 19.7 Å². The first-order valence-corrected chi connectivity index (χ1v) is 6.30. The van der Waals surface area contributed by atoms with Crippen molar-refractivity contribution < 1.29 is 0 Å². The highest BCUT2D eigenvalue weighted by atomic mass is 35.5. The molecule has 0 radical (unpaired) electrons. The van der Waals surface area contributed by atoms with Crippen LogP contribution in [0.15, 0.2) is 36.5 Å². The lowest BCUT2D eigenvalue weighted by molar-refractivity contribution is 0.630. The van der Waals surface area contributed by atoms with E-state index in [4.69, 9.17) is 17.3 Å². The molecule has 2 aromatic heterocycles. The molecule has 2 heterocycles. The maximum Gasteiger partial charge on any atom is 0.223 e. The molecule has 0 spiro atoms. The van der Waals surface area contributed by atoms with Crippen molar-refractivity contribution in [2.45, 2.75) is 13.0 Å². The predicted octanol–water partition coefficient (Wildman–Crippen LogP) is 2.30. The molecule has 5 nitrogen and oxygen atoms in total. The van der Waals surface area contributed by atoms with Crippen LogP contribution in [0.25, 0.3) is 11.0 Å². The summed E-state index contributed by atoms with van der Waals surface area (Å²) in [6.07, 6.45) is 2.54. The van der Waals surface area contributed by atoms with Gasteiger partial charge in [0.25, 0.3) is 0 Å². The molecule has 0 bridgehead atoms. The van der Waals surface area contributed by atoms with Gasteiger partial charge in [0.2, 0.25) is 5.95 Å². The Morgan fingerprint density at radius 1 is 1.16 bits per heavy atom. The number of nitrogens with zero attached hydrogens (tertiary/aromatic N) is 4. The highest BCUT2D eigenvalue weighted by molar-refractivity contribution is 6.34. The van der Waals surface area contributed by atoms with Crippen LogP contribution in [0, 0.1) is 0 Å². The fourth-order valence-electron chi connectivity index (χ4n) is 1.98. The number of hydrogen-bond donors (Lipinski definition) is 1. The summed E-state index contributed by atoms with van der Waals surface area (Å²) in [6.45, 7) is 0.723. The number of aromatic nitrogens is 4. The minimum atomic E-state index is 0.166. The number of anilines is 1. The summed E-state index contributed by atoms with van der Waals surface area (Å²) in [7, 11) is 0. The van der Waals surface area contributed by atoms with Gasteiger partial charge < -0.3 is 5.73 Å². The first kappa shape index (κ1) is 11.9. The van der Waals surface area contributed by atoms with Gasteiger partial charge in [0.1, 0.15) is 5.15 Å². The molecule has 3 rings (SSSR count). The molecular formula is C13H12ClN5. The second kappa shape index (κ2) is 4.85. The van der Waals surface area contributed by atoms with E-state index in [9.17, 15) is 0 Å². The van der Waals surface area contributed by atoms with Crippen LogP contribution in [0.4, 0.5) is 5.95 Å². The molecule has 0 unspecified atom stereocenters. The summed E-state index contributed by atoms with van der Waals surface area (Å²) in [4.78, 5) is 8.10. The number of nitrogen functional groups attached to an aromatic ring is 1. The van der Waals surface area contributed by atoms with Crippen LogP contribution in [0.2, 0.25) is 5.15 Å².